The first-order chi connectivity index (χ1) is 7.43. The highest BCUT2D eigenvalue weighted by atomic mass is 79.9. The Balaban J connectivity index is 2.71. The van der Waals surface area contributed by atoms with Crippen molar-refractivity contribution < 1.29 is 14.2 Å². The highest BCUT2D eigenvalue weighted by Crippen LogP contribution is 2.19. The first-order valence-electron chi connectivity index (χ1n) is 5.18. The third-order valence-corrected chi connectivity index (χ3v) is 2.58. The Bertz CT molecular complexity index is 333. The van der Waals surface area contributed by atoms with Gasteiger partial charge in [-0.1, -0.05) is 15.9 Å². The summed E-state index contributed by atoms with van der Waals surface area (Å²) >= 11 is 3.22. The fourth-order valence-electron chi connectivity index (χ4n) is 1.53. The minimum Gasteiger partial charge on any atom is -0.387 e. The monoisotopic (exact) mass is 290 g/mol. The van der Waals surface area contributed by atoms with E-state index in [0.717, 1.165) is 5.56 Å². The Hall–Kier alpha value is -0.450. The van der Waals surface area contributed by atoms with E-state index in [1.807, 2.05) is 6.92 Å². The summed E-state index contributed by atoms with van der Waals surface area (Å²) in [7, 11) is 0. The SMILES string of the molecule is CCOCC(C)(O)Cc1cc(F)cc(Br)c1. The fourth-order valence-corrected chi connectivity index (χ4v) is 2.04. The molecule has 1 unspecified atom stereocenters. The third kappa shape index (κ3) is 4.60. The normalized spacial score (nSPS) is 14.8. The molecule has 0 spiro atoms. The van der Waals surface area contributed by atoms with Crippen LogP contribution in [0.15, 0.2) is 22.7 Å². The van der Waals surface area contributed by atoms with Crippen LogP contribution in [-0.2, 0) is 11.2 Å². The van der Waals surface area contributed by atoms with Crippen molar-refractivity contribution in [3.63, 3.8) is 0 Å². The van der Waals surface area contributed by atoms with E-state index in [1.54, 1.807) is 13.0 Å². The predicted molar refractivity (Wildman–Crippen MR) is 64.9 cm³/mol. The van der Waals surface area contributed by atoms with Gasteiger partial charge in [-0.2, -0.15) is 0 Å². The molecule has 0 aliphatic heterocycles. The second kappa shape index (κ2) is 5.75. The summed E-state index contributed by atoms with van der Waals surface area (Å²) in [6.07, 6.45) is 0.364. The van der Waals surface area contributed by atoms with E-state index in [1.165, 1.54) is 12.1 Å². The van der Waals surface area contributed by atoms with Crippen molar-refractivity contribution in [3.8, 4) is 0 Å². The molecule has 0 aliphatic rings. The Morgan fingerprint density at radius 3 is 2.69 bits per heavy atom. The smallest absolute Gasteiger partial charge is 0.124 e. The number of hydrogen-bond donors (Lipinski definition) is 1. The van der Waals surface area contributed by atoms with Gasteiger partial charge >= 0.3 is 0 Å². The molecule has 1 atom stereocenters. The van der Waals surface area contributed by atoms with Gasteiger partial charge in [-0.3, -0.25) is 0 Å². The number of halogens is 2. The molecule has 0 aromatic heterocycles. The van der Waals surface area contributed by atoms with Crippen LogP contribution in [0.5, 0.6) is 0 Å². The van der Waals surface area contributed by atoms with Crippen molar-refractivity contribution in [3.05, 3.63) is 34.1 Å². The van der Waals surface area contributed by atoms with Crippen LogP contribution in [0.2, 0.25) is 0 Å². The summed E-state index contributed by atoms with van der Waals surface area (Å²) in [4.78, 5) is 0. The Morgan fingerprint density at radius 2 is 2.12 bits per heavy atom. The molecule has 0 fully saturated rings. The van der Waals surface area contributed by atoms with Crippen molar-refractivity contribution in [2.75, 3.05) is 13.2 Å². The number of hydrogen-bond acceptors (Lipinski definition) is 2. The van der Waals surface area contributed by atoms with Crippen LogP contribution >= 0.6 is 15.9 Å². The zero-order chi connectivity index (χ0) is 12.2. The summed E-state index contributed by atoms with van der Waals surface area (Å²) in [6, 6.07) is 4.61. The van der Waals surface area contributed by atoms with Crippen molar-refractivity contribution >= 4 is 15.9 Å². The first-order valence-corrected chi connectivity index (χ1v) is 5.97. The third-order valence-electron chi connectivity index (χ3n) is 2.12. The first kappa shape index (κ1) is 13.6. The Labute approximate surface area is 104 Å². The lowest BCUT2D eigenvalue weighted by Crippen LogP contribution is -2.33. The fraction of sp³-hybridized carbons (Fsp3) is 0.500. The second-order valence-corrected chi connectivity index (χ2v) is 5.00. The van der Waals surface area contributed by atoms with Crippen molar-refractivity contribution in [2.24, 2.45) is 0 Å². The van der Waals surface area contributed by atoms with Gasteiger partial charge < -0.3 is 9.84 Å². The molecule has 0 bridgehead atoms. The number of ether oxygens (including phenoxy) is 1. The van der Waals surface area contributed by atoms with Crippen LogP contribution in [0.25, 0.3) is 0 Å². The molecule has 0 aliphatic carbocycles. The Kier molecular flexibility index (Phi) is 4.89. The molecule has 16 heavy (non-hydrogen) atoms. The van der Waals surface area contributed by atoms with E-state index < -0.39 is 5.60 Å². The van der Waals surface area contributed by atoms with Gasteiger partial charge in [0.1, 0.15) is 5.82 Å². The molecule has 0 saturated carbocycles. The maximum Gasteiger partial charge on any atom is 0.124 e. The van der Waals surface area contributed by atoms with Crippen LogP contribution < -0.4 is 0 Å². The molecule has 2 nitrogen and oxygen atoms in total. The topological polar surface area (TPSA) is 29.5 Å². The zero-order valence-electron chi connectivity index (χ0n) is 9.46. The minimum atomic E-state index is -0.969. The molecule has 4 heteroatoms. The van der Waals surface area contributed by atoms with Gasteiger partial charge in [0, 0.05) is 17.5 Å². The van der Waals surface area contributed by atoms with Crippen LogP contribution in [0.3, 0.4) is 0 Å². The molecule has 1 N–H and O–H groups in total. The van der Waals surface area contributed by atoms with E-state index in [2.05, 4.69) is 15.9 Å². The van der Waals surface area contributed by atoms with E-state index in [-0.39, 0.29) is 12.4 Å². The van der Waals surface area contributed by atoms with Gasteiger partial charge in [0.2, 0.25) is 0 Å². The van der Waals surface area contributed by atoms with E-state index in [9.17, 15) is 9.50 Å². The standard InChI is InChI=1S/C12H16BrFO2/c1-3-16-8-12(2,15)7-9-4-10(13)6-11(14)5-9/h4-6,15H,3,7-8H2,1-2H3. The van der Waals surface area contributed by atoms with Crippen LogP contribution in [-0.4, -0.2) is 23.9 Å². The molecule has 0 saturated heterocycles. The van der Waals surface area contributed by atoms with Gasteiger partial charge in [-0.25, -0.2) is 4.39 Å². The van der Waals surface area contributed by atoms with Crippen LogP contribution in [0.1, 0.15) is 19.4 Å². The molecule has 0 amide bonds. The van der Waals surface area contributed by atoms with Crippen molar-refractivity contribution in [1.82, 2.24) is 0 Å². The van der Waals surface area contributed by atoms with Gasteiger partial charge in [-0.05, 0) is 37.6 Å². The van der Waals surface area contributed by atoms with Gasteiger partial charge in [0.15, 0.2) is 0 Å². The Morgan fingerprint density at radius 1 is 1.44 bits per heavy atom. The number of rotatable bonds is 5. The van der Waals surface area contributed by atoms with Crippen molar-refractivity contribution in [2.45, 2.75) is 25.9 Å². The minimum absolute atomic E-state index is 0.248. The van der Waals surface area contributed by atoms with Gasteiger partial charge in [-0.15, -0.1) is 0 Å². The molecule has 0 heterocycles. The number of benzene rings is 1. The van der Waals surface area contributed by atoms with E-state index >= 15 is 0 Å². The molecular formula is C12H16BrFO2. The molecular weight excluding hydrogens is 275 g/mol. The maximum absolute atomic E-state index is 13.1. The van der Waals surface area contributed by atoms with Crippen LogP contribution in [0.4, 0.5) is 4.39 Å². The van der Waals surface area contributed by atoms with E-state index in [0.29, 0.717) is 17.5 Å². The summed E-state index contributed by atoms with van der Waals surface area (Å²) in [6.45, 7) is 4.36. The van der Waals surface area contributed by atoms with Crippen LogP contribution in [0, 0.1) is 5.82 Å². The molecule has 0 radical (unpaired) electrons. The number of aliphatic hydroxyl groups is 1. The summed E-state index contributed by atoms with van der Waals surface area (Å²) < 4.78 is 19.0. The lowest BCUT2D eigenvalue weighted by molar-refractivity contribution is -0.0297. The molecule has 1 rings (SSSR count). The molecule has 90 valence electrons. The maximum atomic E-state index is 13.1. The average molecular weight is 291 g/mol. The summed E-state index contributed by atoms with van der Waals surface area (Å²) in [5, 5.41) is 10.0. The molecule has 1 aromatic rings. The lowest BCUT2D eigenvalue weighted by atomic mass is 9.97. The van der Waals surface area contributed by atoms with Gasteiger partial charge in [0.05, 0.1) is 12.2 Å². The zero-order valence-corrected chi connectivity index (χ0v) is 11.1. The van der Waals surface area contributed by atoms with Crippen molar-refractivity contribution in [1.29, 1.82) is 0 Å². The highest BCUT2D eigenvalue weighted by molar-refractivity contribution is 9.10. The van der Waals surface area contributed by atoms with E-state index in [4.69, 9.17) is 4.74 Å². The highest BCUT2D eigenvalue weighted by Gasteiger charge is 2.21. The predicted octanol–water partition coefficient (Wildman–Crippen LogP) is 2.92. The lowest BCUT2D eigenvalue weighted by Gasteiger charge is -2.23. The molecule has 1 aromatic carbocycles. The quantitative estimate of drug-likeness (QED) is 0.904. The average Bonchev–Trinajstić information content (AvgIpc) is 2.12. The van der Waals surface area contributed by atoms with Gasteiger partial charge in [0.25, 0.3) is 0 Å². The largest absolute Gasteiger partial charge is 0.387 e. The summed E-state index contributed by atoms with van der Waals surface area (Å²) in [5.74, 6) is -0.309. The summed E-state index contributed by atoms with van der Waals surface area (Å²) in [5.41, 5.74) is -0.222. The second-order valence-electron chi connectivity index (χ2n) is 4.09.